The Hall–Kier alpha value is -3.26. The molecule has 0 fully saturated rings. The van der Waals surface area contributed by atoms with Crippen LogP contribution in [0, 0.1) is 0 Å². The standard InChI is InChI=1S/C22H29N5O3/c1-5-24-22(30)17-7-8-19(25-12-17)13-26-21(29)14-23-11-18-10-16(6-9-20(18)28)15-27(2,3)4/h6-12H,5,13-15H2,1-4H3,(H2-,23,24,26,28,29,30)/p+1. The summed E-state index contributed by atoms with van der Waals surface area (Å²) in [5.41, 5.74) is 2.78. The molecule has 160 valence electrons. The molecule has 0 saturated heterocycles. The third kappa shape index (κ3) is 7.63. The van der Waals surface area contributed by atoms with Crippen LogP contribution in [0.3, 0.4) is 0 Å². The summed E-state index contributed by atoms with van der Waals surface area (Å²) in [6.45, 7) is 3.40. The van der Waals surface area contributed by atoms with Gasteiger partial charge in [-0.15, -0.1) is 0 Å². The Morgan fingerprint density at radius 3 is 2.57 bits per heavy atom. The number of aliphatic imine (C=N–C) groups is 1. The summed E-state index contributed by atoms with van der Waals surface area (Å²) in [5.74, 6) is -0.313. The van der Waals surface area contributed by atoms with Gasteiger partial charge in [0.1, 0.15) is 18.8 Å². The average Bonchev–Trinajstić information content (AvgIpc) is 2.68. The molecule has 0 atom stereocenters. The maximum Gasteiger partial charge on any atom is 0.252 e. The topological polar surface area (TPSA) is 104 Å². The van der Waals surface area contributed by atoms with Crippen LogP contribution in [0.25, 0.3) is 0 Å². The minimum absolute atomic E-state index is 0.0595. The van der Waals surface area contributed by atoms with Crippen molar-refractivity contribution in [3.05, 3.63) is 58.9 Å². The first kappa shape index (κ1) is 23.0. The molecule has 0 saturated carbocycles. The minimum atomic E-state index is -0.261. The number of phenolic OH excluding ortho intramolecular Hbond substituents is 1. The molecular formula is C22H30N5O3+. The van der Waals surface area contributed by atoms with Gasteiger partial charge in [-0.05, 0) is 37.3 Å². The summed E-state index contributed by atoms with van der Waals surface area (Å²) >= 11 is 0. The van der Waals surface area contributed by atoms with E-state index in [9.17, 15) is 14.7 Å². The second-order valence-electron chi connectivity index (χ2n) is 7.99. The largest absolute Gasteiger partial charge is 0.507 e. The third-order valence-electron chi connectivity index (χ3n) is 4.11. The van der Waals surface area contributed by atoms with Crippen molar-refractivity contribution in [3.63, 3.8) is 0 Å². The van der Waals surface area contributed by atoms with E-state index in [4.69, 9.17) is 0 Å². The number of carbonyl (C=O) groups is 2. The van der Waals surface area contributed by atoms with E-state index in [2.05, 4.69) is 41.8 Å². The fraction of sp³-hybridized carbons (Fsp3) is 0.364. The molecule has 0 aliphatic heterocycles. The lowest BCUT2D eigenvalue weighted by molar-refractivity contribution is -0.884. The van der Waals surface area contributed by atoms with E-state index in [1.54, 1.807) is 18.2 Å². The van der Waals surface area contributed by atoms with Gasteiger partial charge >= 0.3 is 0 Å². The number of hydrogen-bond acceptors (Lipinski definition) is 5. The summed E-state index contributed by atoms with van der Waals surface area (Å²) in [6, 6.07) is 8.77. The molecule has 1 aromatic carbocycles. The quantitative estimate of drug-likeness (QED) is 0.429. The Morgan fingerprint density at radius 1 is 1.17 bits per heavy atom. The molecule has 2 aromatic rings. The van der Waals surface area contributed by atoms with Crippen molar-refractivity contribution < 1.29 is 19.2 Å². The van der Waals surface area contributed by atoms with Gasteiger partial charge in [-0.3, -0.25) is 19.6 Å². The number of carbonyl (C=O) groups excluding carboxylic acids is 2. The number of hydrogen-bond donors (Lipinski definition) is 3. The highest BCUT2D eigenvalue weighted by atomic mass is 16.3. The second kappa shape index (κ2) is 10.5. The molecule has 0 unspecified atom stereocenters. The number of benzene rings is 1. The molecule has 8 nitrogen and oxygen atoms in total. The van der Waals surface area contributed by atoms with Gasteiger partial charge in [0.25, 0.3) is 5.91 Å². The Bertz CT molecular complexity index is 902. The van der Waals surface area contributed by atoms with Gasteiger partial charge in [0.2, 0.25) is 5.91 Å². The molecule has 1 aromatic heterocycles. The number of nitrogens with one attached hydrogen (secondary N) is 2. The van der Waals surface area contributed by atoms with Gasteiger partial charge in [-0.2, -0.15) is 0 Å². The first-order valence-corrected chi connectivity index (χ1v) is 9.80. The van der Waals surface area contributed by atoms with Crippen molar-refractivity contribution in [2.24, 2.45) is 4.99 Å². The lowest BCUT2D eigenvalue weighted by Crippen LogP contribution is -2.33. The first-order chi connectivity index (χ1) is 14.2. The van der Waals surface area contributed by atoms with E-state index in [1.807, 2.05) is 19.1 Å². The highest BCUT2D eigenvalue weighted by molar-refractivity contribution is 5.93. The maximum atomic E-state index is 12.0. The van der Waals surface area contributed by atoms with E-state index >= 15 is 0 Å². The van der Waals surface area contributed by atoms with Crippen LogP contribution in [0.2, 0.25) is 0 Å². The molecule has 0 spiro atoms. The summed E-state index contributed by atoms with van der Waals surface area (Å²) in [4.78, 5) is 32.1. The van der Waals surface area contributed by atoms with E-state index in [1.165, 1.54) is 12.4 Å². The van der Waals surface area contributed by atoms with Gasteiger partial charge in [-0.25, -0.2) is 0 Å². The second-order valence-corrected chi connectivity index (χ2v) is 7.99. The molecule has 0 aliphatic rings. The SMILES string of the molecule is CCNC(=O)c1ccc(CNC(=O)CN=Cc2cc(C[N+](C)(C)C)ccc2O)nc1. The minimum Gasteiger partial charge on any atom is -0.507 e. The molecule has 8 heteroatoms. The molecule has 2 amide bonds. The molecule has 1 heterocycles. The van der Waals surface area contributed by atoms with Gasteiger partial charge in [0.15, 0.2) is 0 Å². The predicted molar refractivity (Wildman–Crippen MR) is 116 cm³/mol. The number of pyridine rings is 1. The van der Waals surface area contributed by atoms with Crippen molar-refractivity contribution in [2.45, 2.75) is 20.0 Å². The van der Waals surface area contributed by atoms with E-state index in [0.29, 0.717) is 23.4 Å². The number of quaternary nitrogens is 1. The van der Waals surface area contributed by atoms with Crippen molar-refractivity contribution in [1.29, 1.82) is 0 Å². The average molecular weight is 413 g/mol. The van der Waals surface area contributed by atoms with Crippen LogP contribution >= 0.6 is 0 Å². The van der Waals surface area contributed by atoms with Crippen LogP contribution in [0.15, 0.2) is 41.5 Å². The highest BCUT2D eigenvalue weighted by Crippen LogP contribution is 2.18. The van der Waals surface area contributed by atoms with Crippen LogP contribution in [-0.2, 0) is 17.9 Å². The molecular weight excluding hydrogens is 382 g/mol. The number of amides is 2. The number of phenols is 1. The molecule has 2 rings (SSSR count). The van der Waals surface area contributed by atoms with Gasteiger partial charge < -0.3 is 20.2 Å². The summed E-state index contributed by atoms with van der Waals surface area (Å²) in [7, 11) is 6.27. The molecule has 0 radical (unpaired) electrons. The van der Waals surface area contributed by atoms with E-state index in [0.717, 1.165) is 16.6 Å². The van der Waals surface area contributed by atoms with Crippen molar-refractivity contribution in [1.82, 2.24) is 15.6 Å². The van der Waals surface area contributed by atoms with Crippen molar-refractivity contribution in [3.8, 4) is 5.75 Å². The van der Waals surface area contributed by atoms with Crippen molar-refractivity contribution in [2.75, 3.05) is 34.2 Å². The summed E-state index contributed by atoms with van der Waals surface area (Å²) < 4.78 is 0.766. The van der Waals surface area contributed by atoms with Crippen LogP contribution < -0.4 is 10.6 Å². The third-order valence-corrected chi connectivity index (χ3v) is 4.11. The smallest absolute Gasteiger partial charge is 0.252 e. The molecule has 0 aliphatic carbocycles. The normalized spacial score (nSPS) is 11.5. The van der Waals surface area contributed by atoms with Crippen molar-refractivity contribution >= 4 is 18.0 Å². The lowest BCUT2D eigenvalue weighted by atomic mass is 10.1. The van der Waals surface area contributed by atoms with E-state index < -0.39 is 0 Å². The molecule has 30 heavy (non-hydrogen) atoms. The zero-order valence-electron chi connectivity index (χ0n) is 18.0. The van der Waals surface area contributed by atoms with Gasteiger partial charge in [0.05, 0.1) is 38.9 Å². The lowest BCUT2D eigenvalue weighted by Gasteiger charge is -2.24. The van der Waals surface area contributed by atoms with Crippen LogP contribution in [0.5, 0.6) is 5.75 Å². The summed E-state index contributed by atoms with van der Waals surface area (Å²) in [5, 5.41) is 15.5. The predicted octanol–water partition coefficient (Wildman–Crippen LogP) is 1.48. The highest BCUT2D eigenvalue weighted by Gasteiger charge is 2.10. The Morgan fingerprint density at radius 2 is 1.93 bits per heavy atom. The fourth-order valence-corrected chi connectivity index (χ4v) is 2.75. The number of aromatic hydroxyl groups is 1. The Labute approximate surface area is 177 Å². The first-order valence-electron chi connectivity index (χ1n) is 9.80. The maximum absolute atomic E-state index is 12.0. The monoisotopic (exact) mass is 412 g/mol. The number of aromatic nitrogens is 1. The molecule has 0 bridgehead atoms. The summed E-state index contributed by atoms with van der Waals surface area (Å²) in [6.07, 6.45) is 2.99. The van der Waals surface area contributed by atoms with Crippen LogP contribution in [0.1, 0.15) is 34.1 Å². The zero-order chi connectivity index (χ0) is 22.1. The van der Waals surface area contributed by atoms with Crippen LogP contribution in [0.4, 0.5) is 0 Å². The van der Waals surface area contributed by atoms with Gasteiger partial charge in [-0.1, -0.05) is 0 Å². The van der Waals surface area contributed by atoms with E-state index in [-0.39, 0.29) is 30.7 Å². The fourth-order valence-electron chi connectivity index (χ4n) is 2.75. The Kier molecular flexibility index (Phi) is 8.06. The number of rotatable bonds is 9. The zero-order valence-corrected chi connectivity index (χ0v) is 18.0. The molecule has 3 N–H and O–H groups in total. The van der Waals surface area contributed by atoms with Crippen LogP contribution in [-0.4, -0.2) is 66.8 Å². The number of nitrogens with zero attached hydrogens (tertiary/aromatic N) is 3. The van der Waals surface area contributed by atoms with Gasteiger partial charge in [0, 0.05) is 30.1 Å². The Balaban J connectivity index is 1.86.